The first-order valence-electron chi connectivity index (χ1n) is 8.80. The maximum atomic E-state index is 13.0. The monoisotopic (exact) mass is 355 g/mol. The second-order valence-corrected chi connectivity index (χ2v) is 6.62. The Kier molecular flexibility index (Phi) is 5.02. The van der Waals surface area contributed by atoms with Crippen LogP contribution in [0.4, 0.5) is 0 Å². The Bertz CT molecular complexity index is 833. The molecule has 26 heavy (non-hydrogen) atoms. The Morgan fingerprint density at radius 3 is 2.27 bits per heavy atom. The van der Waals surface area contributed by atoms with Gasteiger partial charge in [0.15, 0.2) is 0 Å². The van der Waals surface area contributed by atoms with E-state index in [1.807, 2.05) is 49.1 Å². The molecule has 138 valence electrons. The zero-order valence-electron chi connectivity index (χ0n) is 15.8. The largest absolute Gasteiger partial charge is 0.497 e. The first-order chi connectivity index (χ1) is 12.4. The predicted octanol–water partition coefficient (Wildman–Crippen LogP) is 2.41. The predicted molar refractivity (Wildman–Crippen MR) is 100.0 cm³/mol. The van der Waals surface area contributed by atoms with Crippen LogP contribution in [0.3, 0.4) is 0 Å². The summed E-state index contributed by atoms with van der Waals surface area (Å²) in [5.41, 5.74) is 3.60. The van der Waals surface area contributed by atoms with Crippen LogP contribution in [-0.2, 0) is 4.79 Å². The van der Waals surface area contributed by atoms with Gasteiger partial charge in [0.05, 0.1) is 12.7 Å². The first kappa shape index (κ1) is 18.0. The number of carbonyl (C=O) groups excluding carboxylic acids is 2. The molecule has 1 aromatic heterocycles. The van der Waals surface area contributed by atoms with Gasteiger partial charge in [0.1, 0.15) is 5.75 Å². The molecule has 0 unspecified atom stereocenters. The number of hydrogen-bond acceptors (Lipinski definition) is 3. The van der Waals surface area contributed by atoms with Gasteiger partial charge in [0.25, 0.3) is 5.91 Å². The summed E-state index contributed by atoms with van der Waals surface area (Å²) >= 11 is 0. The molecular weight excluding hydrogens is 330 g/mol. The van der Waals surface area contributed by atoms with Crippen LogP contribution in [0.5, 0.6) is 5.75 Å². The third-order valence-corrected chi connectivity index (χ3v) is 4.99. The summed E-state index contributed by atoms with van der Waals surface area (Å²) in [6, 6.07) is 9.74. The van der Waals surface area contributed by atoms with E-state index < -0.39 is 0 Å². The molecule has 1 aliphatic rings. The van der Waals surface area contributed by atoms with Gasteiger partial charge in [-0.25, -0.2) is 0 Å². The Hall–Kier alpha value is -2.76. The lowest BCUT2D eigenvalue weighted by atomic mass is 10.2. The van der Waals surface area contributed by atoms with Crippen molar-refractivity contribution in [2.45, 2.75) is 20.8 Å². The molecular formula is C20H25N3O3. The van der Waals surface area contributed by atoms with Crippen molar-refractivity contribution >= 4 is 11.8 Å². The van der Waals surface area contributed by atoms with Gasteiger partial charge in [-0.15, -0.1) is 0 Å². The van der Waals surface area contributed by atoms with Gasteiger partial charge in [0.2, 0.25) is 5.91 Å². The smallest absolute Gasteiger partial charge is 0.255 e. The molecule has 0 spiro atoms. The molecule has 6 heteroatoms. The second kappa shape index (κ2) is 7.23. The fourth-order valence-corrected chi connectivity index (χ4v) is 3.52. The summed E-state index contributed by atoms with van der Waals surface area (Å²) < 4.78 is 7.39. The lowest BCUT2D eigenvalue weighted by molar-refractivity contribution is -0.130. The van der Waals surface area contributed by atoms with Gasteiger partial charge in [-0.2, -0.15) is 0 Å². The number of amides is 2. The van der Waals surface area contributed by atoms with E-state index in [1.165, 1.54) is 0 Å². The quantitative estimate of drug-likeness (QED) is 0.850. The molecule has 1 saturated heterocycles. The zero-order valence-corrected chi connectivity index (χ0v) is 15.8. The van der Waals surface area contributed by atoms with E-state index in [-0.39, 0.29) is 11.8 Å². The van der Waals surface area contributed by atoms with Gasteiger partial charge in [-0.3, -0.25) is 9.59 Å². The highest BCUT2D eigenvalue weighted by Gasteiger charge is 2.26. The van der Waals surface area contributed by atoms with Crippen LogP contribution >= 0.6 is 0 Å². The minimum Gasteiger partial charge on any atom is -0.497 e. The second-order valence-electron chi connectivity index (χ2n) is 6.62. The van der Waals surface area contributed by atoms with Crippen molar-refractivity contribution in [3.05, 3.63) is 47.3 Å². The third kappa shape index (κ3) is 3.31. The van der Waals surface area contributed by atoms with E-state index in [1.54, 1.807) is 18.9 Å². The number of methoxy groups -OCH3 is 1. The van der Waals surface area contributed by atoms with Crippen LogP contribution < -0.4 is 4.74 Å². The average Bonchev–Trinajstić information content (AvgIpc) is 2.95. The van der Waals surface area contributed by atoms with Crippen LogP contribution in [0, 0.1) is 13.8 Å². The van der Waals surface area contributed by atoms with Crippen molar-refractivity contribution in [2.75, 3.05) is 33.3 Å². The number of benzene rings is 1. The molecule has 0 atom stereocenters. The van der Waals surface area contributed by atoms with E-state index in [0.29, 0.717) is 31.7 Å². The molecule has 6 nitrogen and oxygen atoms in total. The highest BCUT2D eigenvalue weighted by molar-refractivity contribution is 5.96. The molecule has 2 amide bonds. The number of piperazine rings is 1. The molecule has 0 saturated carbocycles. The van der Waals surface area contributed by atoms with Crippen LogP contribution in [0.2, 0.25) is 0 Å². The van der Waals surface area contributed by atoms with Crippen molar-refractivity contribution < 1.29 is 14.3 Å². The number of aromatic nitrogens is 1. The van der Waals surface area contributed by atoms with Gasteiger partial charge >= 0.3 is 0 Å². The molecule has 3 rings (SSSR count). The van der Waals surface area contributed by atoms with Gasteiger partial charge in [0, 0.05) is 56.2 Å². The summed E-state index contributed by atoms with van der Waals surface area (Å²) in [7, 11) is 1.64. The molecule has 2 aromatic rings. The molecule has 0 N–H and O–H groups in total. The van der Waals surface area contributed by atoms with E-state index in [0.717, 1.165) is 22.8 Å². The number of nitrogens with zero attached hydrogens (tertiary/aromatic N) is 3. The normalized spacial score (nSPS) is 14.5. The Balaban J connectivity index is 1.86. The maximum Gasteiger partial charge on any atom is 0.255 e. The minimum absolute atomic E-state index is 0.0236. The van der Waals surface area contributed by atoms with E-state index in [9.17, 15) is 9.59 Å². The summed E-state index contributed by atoms with van der Waals surface area (Å²) in [5, 5.41) is 0. The first-order valence-corrected chi connectivity index (χ1v) is 8.80. The Labute approximate surface area is 154 Å². The molecule has 0 bridgehead atoms. The maximum absolute atomic E-state index is 13.0. The van der Waals surface area contributed by atoms with Gasteiger partial charge in [-0.05, 0) is 32.0 Å². The lowest BCUT2D eigenvalue weighted by Gasteiger charge is -2.34. The molecule has 2 heterocycles. The summed E-state index contributed by atoms with van der Waals surface area (Å²) in [6.07, 6.45) is 0. The fourth-order valence-electron chi connectivity index (χ4n) is 3.52. The van der Waals surface area contributed by atoms with Crippen LogP contribution in [0.25, 0.3) is 5.69 Å². The number of hydrogen-bond donors (Lipinski definition) is 0. The van der Waals surface area contributed by atoms with E-state index in [2.05, 4.69) is 4.57 Å². The van der Waals surface area contributed by atoms with Gasteiger partial charge in [-0.1, -0.05) is 6.07 Å². The van der Waals surface area contributed by atoms with Crippen molar-refractivity contribution in [1.29, 1.82) is 0 Å². The van der Waals surface area contributed by atoms with Crippen LogP contribution in [0.15, 0.2) is 30.3 Å². The number of aryl methyl sites for hydroxylation is 1. The molecule has 1 fully saturated rings. The highest BCUT2D eigenvalue weighted by atomic mass is 16.5. The van der Waals surface area contributed by atoms with Crippen LogP contribution in [-0.4, -0.2) is 59.5 Å². The van der Waals surface area contributed by atoms with Crippen molar-refractivity contribution in [1.82, 2.24) is 14.4 Å². The van der Waals surface area contributed by atoms with Crippen molar-refractivity contribution in [3.63, 3.8) is 0 Å². The number of carbonyl (C=O) groups is 2. The minimum atomic E-state index is 0.0236. The van der Waals surface area contributed by atoms with E-state index in [4.69, 9.17) is 4.74 Å². The molecule has 0 radical (unpaired) electrons. The third-order valence-electron chi connectivity index (χ3n) is 4.99. The van der Waals surface area contributed by atoms with Crippen molar-refractivity contribution in [3.8, 4) is 11.4 Å². The Morgan fingerprint density at radius 1 is 1.00 bits per heavy atom. The molecule has 1 aliphatic heterocycles. The molecule has 1 aromatic carbocycles. The number of rotatable bonds is 3. The fraction of sp³-hybridized carbons (Fsp3) is 0.400. The number of ether oxygens (including phenoxy) is 1. The standard InChI is InChI=1S/C20H25N3O3/c1-14-12-19(20(25)22-10-8-21(9-11-22)16(3)24)15(2)23(14)17-6-5-7-18(13-17)26-4/h5-7,12-13H,8-11H2,1-4H3. The van der Waals surface area contributed by atoms with Gasteiger partial charge < -0.3 is 19.1 Å². The van der Waals surface area contributed by atoms with Crippen LogP contribution in [0.1, 0.15) is 28.7 Å². The average molecular weight is 355 g/mol. The molecule has 0 aliphatic carbocycles. The lowest BCUT2D eigenvalue weighted by Crippen LogP contribution is -2.50. The topological polar surface area (TPSA) is 54.8 Å². The summed E-state index contributed by atoms with van der Waals surface area (Å²) in [4.78, 5) is 28.1. The Morgan fingerprint density at radius 2 is 1.65 bits per heavy atom. The van der Waals surface area contributed by atoms with E-state index >= 15 is 0 Å². The highest BCUT2D eigenvalue weighted by Crippen LogP contribution is 2.25. The summed E-state index contributed by atoms with van der Waals surface area (Å²) in [5.74, 6) is 0.868. The van der Waals surface area contributed by atoms with Crippen molar-refractivity contribution in [2.24, 2.45) is 0 Å². The summed E-state index contributed by atoms with van der Waals surface area (Å²) in [6.45, 7) is 7.86. The zero-order chi connectivity index (χ0) is 18.8. The SMILES string of the molecule is COc1cccc(-n2c(C)cc(C(=O)N3CCN(C(C)=O)CC3)c2C)c1.